The van der Waals surface area contributed by atoms with Crippen molar-refractivity contribution in [1.82, 2.24) is 0 Å². The van der Waals surface area contributed by atoms with Crippen molar-refractivity contribution < 1.29 is 9.47 Å². The minimum atomic E-state index is 0.0686. The molecule has 2 aliphatic rings. The predicted molar refractivity (Wildman–Crippen MR) is 129 cm³/mol. The second-order valence-corrected chi connectivity index (χ2v) is 11.4. The molecule has 0 saturated heterocycles. The monoisotopic (exact) mass is 460 g/mol. The fourth-order valence-corrected chi connectivity index (χ4v) is 4.82. The molecule has 152 valence electrons. The Kier molecular flexibility index (Phi) is 4.21. The molecular weight excluding hydrogens is 435 g/mol. The topological polar surface area (TPSA) is 18.5 Å². The highest BCUT2D eigenvalue weighted by atomic mass is 79.9. The number of halogens is 1. The molecule has 0 radical (unpaired) electrons. The summed E-state index contributed by atoms with van der Waals surface area (Å²) in [4.78, 5) is 0. The lowest BCUT2D eigenvalue weighted by atomic mass is 9.34. The van der Waals surface area contributed by atoms with Gasteiger partial charge in [0.05, 0.1) is 0 Å². The van der Waals surface area contributed by atoms with Crippen LogP contribution in [0, 0.1) is 0 Å². The standard InChI is InChI=1S/C26H26BBrO2/c1-25(2,3)15-7-9-20-18(11-15)27-19-12-16(26(4,5)6)8-10-21(19)30-23-14-17(28)13-22(29-20)24(23)27/h7-14H,1-6H3. The van der Waals surface area contributed by atoms with Crippen LogP contribution in [0.2, 0.25) is 0 Å². The van der Waals surface area contributed by atoms with Crippen molar-refractivity contribution in [1.29, 1.82) is 0 Å². The molecule has 2 aliphatic heterocycles. The van der Waals surface area contributed by atoms with Crippen molar-refractivity contribution in [2.24, 2.45) is 0 Å². The molecule has 5 rings (SSSR count). The third-order valence-electron chi connectivity index (χ3n) is 6.17. The summed E-state index contributed by atoms with van der Waals surface area (Å²) < 4.78 is 13.7. The van der Waals surface area contributed by atoms with Crippen LogP contribution < -0.4 is 25.9 Å². The number of ether oxygens (including phenoxy) is 2. The van der Waals surface area contributed by atoms with Gasteiger partial charge in [-0.05, 0) is 57.1 Å². The van der Waals surface area contributed by atoms with Gasteiger partial charge in [0.25, 0.3) is 6.71 Å². The molecule has 2 heterocycles. The van der Waals surface area contributed by atoms with Gasteiger partial charge in [-0.3, -0.25) is 0 Å². The minimum Gasteiger partial charge on any atom is -0.458 e. The first kappa shape index (κ1) is 19.7. The Balaban J connectivity index is 1.80. The fraction of sp³-hybridized carbons (Fsp3) is 0.308. The summed E-state index contributed by atoms with van der Waals surface area (Å²) in [5.74, 6) is 3.59. The SMILES string of the molecule is CC(C)(C)c1ccc2c(c1)B1c3cc(C(C)(C)C)ccc3Oc3cc(Br)cc(c31)O2. The number of rotatable bonds is 0. The van der Waals surface area contributed by atoms with Crippen LogP contribution in [0.1, 0.15) is 52.7 Å². The molecule has 0 atom stereocenters. The lowest BCUT2D eigenvalue weighted by molar-refractivity contribution is 0.463. The molecule has 2 nitrogen and oxygen atoms in total. The van der Waals surface area contributed by atoms with E-state index in [4.69, 9.17) is 9.47 Å². The molecule has 0 bridgehead atoms. The van der Waals surface area contributed by atoms with Crippen LogP contribution in [-0.4, -0.2) is 6.71 Å². The Hall–Kier alpha value is -2.20. The predicted octanol–water partition coefficient (Wildman–Crippen LogP) is 5.77. The summed E-state index contributed by atoms with van der Waals surface area (Å²) in [6, 6.07) is 17.4. The van der Waals surface area contributed by atoms with Gasteiger partial charge in [0.1, 0.15) is 23.0 Å². The van der Waals surface area contributed by atoms with Gasteiger partial charge in [-0.25, -0.2) is 0 Å². The van der Waals surface area contributed by atoms with Crippen LogP contribution in [0.5, 0.6) is 23.0 Å². The number of fused-ring (bicyclic) bond motifs is 4. The third kappa shape index (κ3) is 3.08. The van der Waals surface area contributed by atoms with Gasteiger partial charge in [-0.1, -0.05) is 81.7 Å². The lowest BCUT2D eigenvalue weighted by Crippen LogP contribution is -2.57. The summed E-state index contributed by atoms with van der Waals surface area (Å²) >= 11 is 3.62. The molecule has 0 aromatic heterocycles. The maximum atomic E-state index is 6.38. The third-order valence-corrected chi connectivity index (χ3v) is 6.63. The Morgan fingerprint density at radius 2 is 1.07 bits per heavy atom. The van der Waals surface area contributed by atoms with Crippen molar-refractivity contribution in [3.8, 4) is 23.0 Å². The van der Waals surface area contributed by atoms with Crippen LogP contribution in [-0.2, 0) is 10.8 Å². The van der Waals surface area contributed by atoms with Gasteiger partial charge in [0.2, 0.25) is 0 Å². The summed E-state index contributed by atoms with van der Waals surface area (Å²) in [6.45, 7) is 13.6. The molecule has 0 spiro atoms. The molecule has 0 unspecified atom stereocenters. The van der Waals surface area contributed by atoms with E-state index in [0.29, 0.717) is 0 Å². The van der Waals surface area contributed by atoms with E-state index in [1.54, 1.807) is 0 Å². The zero-order chi connectivity index (χ0) is 21.4. The zero-order valence-electron chi connectivity index (χ0n) is 18.4. The first-order chi connectivity index (χ1) is 14.0. The summed E-state index contributed by atoms with van der Waals surface area (Å²) in [5, 5.41) is 0. The van der Waals surface area contributed by atoms with E-state index in [2.05, 4.69) is 106 Å². The number of benzene rings is 3. The first-order valence-electron chi connectivity index (χ1n) is 10.5. The minimum absolute atomic E-state index is 0.0686. The molecule has 4 heteroatoms. The van der Waals surface area contributed by atoms with E-state index < -0.39 is 0 Å². The van der Waals surface area contributed by atoms with E-state index in [9.17, 15) is 0 Å². The highest BCUT2D eigenvalue weighted by Crippen LogP contribution is 2.38. The Morgan fingerprint density at radius 1 is 0.633 bits per heavy atom. The molecule has 0 fully saturated rings. The molecule has 0 N–H and O–H groups in total. The zero-order valence-corrected chi connectivity index (χ0v) is 20.0. The lowest BCUT2D eigenvalue weighted by Gasteiger charge is -2.35. The van der Waals surface area contributed by atoms with Gasteiger partial charge in [-0.2, -0.15) is 0 Å². The van der Waals surface area contributed by atoms with Gasteiger partial charge in [0.15, 0.2) is 0 Å². The Morgan fingerprint density at radius 3 is 1.47 bits per heavy atom. The average Bonchev–Trinajstić information content (AvgIpc) is 2.65. The molecule has 3 aromatic carbocycles. The van der Waals surface area contributed by atoms with Crippen molar-refractivity contribution in [3.63, 3.8) is 0 Å². The van der Waals surface area contributed by atoms with Crippen LogP contribution in [0.25, 0.3) is 0 Å². The van der Waals surface area contributed by atoms with Gasteiger partial charge in [-0.15, -0.1) is 0 Å². The fourth-order valence-electron chi connectivity index (χ4n) is 4.40. The quantitative estimate of drug-likeness (QED) is 0.273. The molecule has 0 amide bonds. The van der Waals surface area contributed by atoms with E-state index in [-0.39, 0.29) is 17.5 Å². The second-order valence-electron chi connectivity index (χ2n) is 10.5. The van der Waals surface area contributed by atoms with E-state index in [1.165, 1.54) is 22.1 Å². The summed E-state index contributed by atoms with van der Waals surface area (Å²) in [6.07, 6.45) is 0. The molecule has 3 aromatic rings. The Bertz CT molecular complexity index is 1100. The van der Waals surface area contributed by atoms with Gasteiger partial charge >= 0.3 is 0 Å². The summed E-state index contributed by atoms with van der Waals surface area (Å²) in [7, 11) is 0. The molecule has 30 heavy (non-hydrogen) atoms. The van der Waals surface area contributed by atoms with Gasteiger partial charge < -0.3 is 9.47 Å². The largest absolute Gasteiger partial charge is 0.458 e. The van der Waals surface area contributed by atoms with Crippen molar-refractivity contribution in [2.45, 2.75) is 52.4 Å². The smallest absolute Gasteiger partial charge is 0.260 e. The second kappa shape index (κ2) is 6.40. The van der Waals surface area contributed by atoms with Gasteiger partial charge in [0, 0.05) is 9.94 Å². The van der Waals surface area contributed by atoms with Crippen LogP contribution in [0.15, 0.2) is 53.0 Å². The van der Waals surface area contributed by atoms with Crippen LogP contribution in [0.4, 0.5) is 0 Å². The maximum Gasteiger partial charge on any atom is 0.260 e. The Labute approximate surface area is 187 Å². The number of hydrogen-bond acceptors (Lipinski definition) is 2. The number of hydrogen-bond donors (Lipinski definition) is 0. The molecule has 0 aliphatic carbocycles. The van der Waals surface area contributed by atoms with Crippen LogP contribution >= 0.6 is 15.9 Å². The highest BCUT2D eigenvalue weighted by Gasteiger charge is 2.41. The normalized spacial score (nSPS) is 14.3. The molecule has 0 saturated carbocycles. The highest BCUT2D eigenvalue weighted by molar-refractivity contribution is 9.10. The average molecular weight is 461 g/mol. The van der Waals surface area contributed by atoms with Crippen molar-refractivity contribution in [2.75, 3.05) is 0 Å². The van der Waals surface area contributed by atoms with Crippen molar-refractivity contribution >= 4 is 39.0 Å². The van der Waals surface area contributed by atoms with Crippen molar-refractivity contribution in [3.05, 3.63) is 64.1 Å². The first-order valence-corrected chi connectivity index (χ1v) is 11.3. The van der Waals surface area contributed by atoms with E-state index in [1.807, 2.05) is 0 Å². The maximum absolute atomic E-state index is 6.38. The molecular formula is C26H26BBrO2. The van der Waals surface area contributed by atoms with E-state index in [0.717, 1.165) is 32.9 Å². The van der Waals surface area contributed by atoms with E-state index >= 15 is 0 Å². The summed E-state index contributed by atoms with van der Waals surface area (Å²) in [5.41, 5.74) is 6.32. The van der Waals surface area contributed by atoms with Crippen LogP contribution in [0.3, 0.4) is 0 Å².